The maximum Gasteiger partial charge on any atom is 0.306 e. The molecule has 0 aromatic heterocycles. The number of esters is 1. The molecule has 0 saturated heterocycles. The number of allylic oxidation sites excluding steroid dienone is 2. The molecule has 0 aliphatic rings. The monoisotopic (exact) mass is 296 g/mol. The van der Waals surface area contributed by atoms with Crippen LogP contribution in [-0.2, 0) is 9.53 Å². The Balaban J connectivity index is 0. The van der Waals surface area contributed by atoms with Crippen LogP contribution in [0.3, 0.4) is 0 Å². The van der Waals surface area contributed by atoms with Gasteiger partial charge < -0.3 is 4.74 Å². The number of carbonyl (C=O) groups is 1. The van der Waals surface area contributed by atoms with E-state index in [2.05, 4.69) is 46.1 Å². The molecule has 0 fully saturated rings. The number of unbranched alkanes of at least 4 members (excludes halogenated alkanes) is 5. The van der Waals surface area contributed by atoms with E-state index in [1.807, 2.05) is 6.92 Å². The van der Waals surface area contributed by atoms with Gasteiger partial charge in [-0.3, -0.25) is 4.79 Å². The van der Waals surface area contributed by atoms with Crippen LogP contribution in [0, 0.1) is 5.92 Å². The lowest BCUT2D eigenvalue weighted by molar-refractivity contribution is -0.150. The highest BCUT2D eigenvalue weighted by molar-refractivity contribution is 5.69. The molecule has 0 aromatic rings. The smallest absolute Gasteiger partial charge is 0.306 e. The number of rotatable bonds is 11. The van der Waals surface area contributed by atoms with Crippen molar-refractivity contribution in [2.45, 2.75) is 85.2 Å². The van der Waals surface area contributed by atoms with Crippen LogP contribution >= 0.6 is 0 Å². The molecule has 0 saturated carbocycles. The number of hydrogen-bond donors (Lipinski definition) is 0. The van der Waals surface area contributed by atoms with Gasteiger partial charge in [-0.1, -0.05) is 52.2 Å². The molecule has 124 valence electrons. The van der Waals surface area contributed by atoms with Crippen LogP contribution in [0.2, 0.25) is 0 Å². The molecular formula is C19H36O2. The standard InChI is InChI=1S/C17H32O2.C2H4/c1-5-6-7-8-9-10-11-12-13-14-17(18)19-16(4)15(2)3;1-2/h6-7,15-16H,5,8-14H2,1-4H3;1-2H2/b7-6-;. The Labute approximate surface area is 132 Å². The molecule has 1 unspecified atom stereocenters. The van der Waals surface area contributed by atoms with Crippen LogP contribution in [0.15, 0.2) is 25.3 Å². The Bertz CT molecular complexity index is 256. The van der Waals surface area contributed by atoms with Crippen molar-refractivity contribution in [3.05, 3.63) is 25.3 Å². The summed E-state index contributed by atoms with van der Waals surface area (Å²) >= 11 is 0. The van der Waals surface area contributed by atoms with Crippen molar-refractivity contribution >= 4 is 5.97 Å². The van der Waals surface area contributed by atoms with Gasteiger partial charge in [0, 0.05) is 6.42 Å². The molecule has 0 rings (SSSR count). The molecule has 0 aromatic carbocycles. The third-order valence-electron chi connectivity index (χ3n) is 3.41. The molecule has 0 bridgehead atoms. The maximum atomic E-state index is 11.5. The molecule has 0 amide bonds. The van der Waals surface area contributed by atoms with Crippen molar-refractivity contribution in [1.29, 1.82) is 0 Å². The molecule has 0 N–H and O–H groups in total. The summed E-state index contributed by atoms with van der Waals surface area (Å²) in [6, 6.07) is 0. The molecule has 0 heterocycles. The molecule has 0 aliphatic carbocycles. The summed E-state index contributed by atoms with van der Waals surface area (Å²) < 4.78 is 5.34. The summed E-state index contributed by atoms with van der Waals surface area (Å²) in [6.45, 7) is 14.3. The third kappa shape index (κ3) is 16.9. The fourth-order valence-electron chi connectivity index (χ4n) is 1.75. The van der Waals surface area contributed by atoms with E-state index in [4.69, 9.17) is 4.74 Å². The molecule has 1 atom stereocenters. The lowest BCUT2D eigenvalue weighted by atomic mass is 10.1. The fourth-order valence-corrected chi connectivity index (χ4v) is 1.75. The highest BCUT2D eigenvalue weighted by Crippen LogP contribution is 2.11. The van der Waals surface area contributed by atoms with Gasteiger partial charge in [0.05, 0.1) is 0 Å². The van der Waals surface area contributed by atoms with Crippen LogP contribution in [0.1, 0.15) is 79.1 Å². The zero-order valence-corrected chi connectivity index (χ0v) is 14.7. The zero-order valence-electron chi connectivity index (χ0n) is 14.7. The predicted octanol–water partition coefficient (Wildman–Crippen LogP) is 6.07. The molecule has 2 heteroatoms. The van der Waals surface area contributed by atoms with Crippen molar-refractivity contribution in [1.82, 2.24) is 0 Å². The summed E-state index contributed by atoms with van der Waals surface area (Å²) in [7, 11) is 0. The van der Waals surface area contributed by atoms with Gasteiger partial charge in [-0.25, -0.2) is 0 Å². The first kappa shape index (κ1) is 22.2. The predicted molar refractivity (Wildman–Crippen MR) is 93.4 cm³/mol. The van der Waals surface area contributed by atoms with Crippen LogP contribution in [0.5, 0.6) is 0 Å². The van der Waals surface area contributed by atoms with E-state index in [-0.39, 0.29) is 12.1 Å². The lowest BCUT2D eigenvalue weighted by Gasteiger charge is -2.16. The average molecular weight is 296 g/mol. The first-order valence-electron chi connectivity index (χ1n) is 8.42. The number of carbonyl (C=O) groups excluding carboxylic acids is 1. The lowest BCUT2D eigenvalue weighted by Crippen LogP contribution is -2.19. The second kappa shape index (κ2) is 17.0. The largest absolute Gasteiger partial charge is 0.462 e. The average Bonchev–Trinajstić information content (AvgIpc) is 2.47. The highest BCUT2D eigenvalue weighted by Gasteiger charge is 2.12. The number of hydrogen-bond acceptors (Lipinski definition) is 2. The van der Waals surface area contributed by atoms with Gasteiger partial charge in [0.25, 0.3) is 0 Å². The minimum Gasteiger partial charge on any atom is -0.462 e. The minimum absolute atomic E-state index is 0.0351. The van der Waals surface area contributed by atoms with Gasteiger partial charge in [-0.2, -0.15) is 0 Å². The normalized spacial score (nSPS) is 12.0. The Morgan fingerprint density at radius 1 is 1.00 bits per heavy atom. The molecular weight excluding hydrogens is 260 g/mol. The van der Waals surface area contributed by atoms with Crippen LogP contribution in [0.4, 0.5) is 0 Å². The quantitative estimate of drug-likeness (QED) is 0.262. The van der Waals surface area contributed by atoms with Gasteiger partial charge >= 0.3 is 5.97 Å². The summed E-state index contributed by atoms with van der Waals surface area (Å²) in [5.41, 5.74) is 0. The van der Waals surface area contributed by atoms with E-state index in [9.17, 15) is 4.79 Å². The van der Waals surface area contributed by atoms with E-state index in [0.717, 1.165) is 19.3 Å². The molecule has 0 aliphatic heterocycles. The molecule has 21 heavy (non-hydrogen) atoms. The zero-order chi connectivity index (χ0) is 16.5. The van der Waals surface area contributed by atoms with Crippen LogP contribution in [-0.4, -0.2) is 12.1 Å². The first-order chi connectivity index (χ1) is 10.1. The number of ether oxygens (including phenoxy) is 1. The Hall–Kier alpha value is -1.05. The van der Waals surface area contributed by atoms with E-state index in [1.165, 1.54) is 25.7 Å². The summed E-state index contributed by atoms with van der Waals surface area (Å²) in [5.74, 6) is 0.368. The van der Waals surface area contributed by atoms with Gasteiger partial charge in [0.1, 0.15) is 6.10 Å². The highest BCUT2D eigenvalue weighted by atomic mass is 16.5. The van der Waals surface area contributed by atoms with E-state index in [1.54, 1.807) is 0 Å². The molecule has 0 spiro atoms. The van der Waals surface area contributed by atoms with E-state index < -0.39 is 0 Å². The van der Waals surface area contributed by atoms with Crippen LogP contribution < -0.4 is 0 Å². The van der Waals surface area contributed by atoms with Crippen molar-refractivity contribution in [2.75, 3.05) is 0 Å². The van der Waals surface area contributed by atoms with Gasteiger partial charge in [0.15, 0.2) is 0 Å². The summed E-state index contributed by atoms with van der Waals surface area (Å²) in [4.78, 5) is 11.5. The van der Waals surface area contributed by atoms with E-state index >= 15 is 0 Å². The maximum absolute atomic E-state index is 11.5. The second-order valence-corrected chi connectivity index (χ2v) is 5.63. The van der Waals surface area contributed by atoms with Crippen molar-refractivity contribution in [2.24, 2.45) is 5.92 Å². The topological polar surface area (TPSA) is 26.3 Å². The van der Waals surface area contributed by atoms with Gasteiger partial charge in [0.2, 0.25) is 0 Å². The Morgan fingerprint density at radius 3 is 2.14 bits per heavy atom. The second-order valence-electron chi connectivity index (χ2n) is 5.63. The fraction of sp³-hybridized carbons (Fsp3) is 0.737. The molecule has 0 radical (unpaired) electrons. The van der Waals surface area contributed by atoms with Gasteiger partial charge in [-0.15, -0.1) is 13.2 Å². The van der Waals surface area contributed by atoms with Crippen LogP contribution in [0.25, 0.3) is 0 Å². The molecule has 2 nitrogen and oxygen atoms in total. The Morgan fingerprint density at radius 2 is 1.57 bits per heavy atom. The summed E-state index contributed by atoms with van der Waals surface area (Å²) in [6.07, 6.45) is 13.3. The van der Waals surface area contributed by atoms with E-state index in [0.29, 0.717) is 12.3 Å². The van der Waals surface area contributed by atoms with Crippen molar-refractivity contribution in [3.8, 4) is 0 Å². The SMILES string of the molecule is C=C.CC/C=C\CCCCCCCC(=O)OC(C)C(C)C. The van der Waals surface area contributed by atoms with Crippen molar-refractivity contribution < 1.29 is 9.53 Å². The van der Waals surface area contributed by atoms with Crippen molar-refractivity contribution in [3.63, 3.8) is 0 Å². The minimum atomic E-state index is -0.0351. The summed E-state index contributed by atoms with van der Waals surface area (Å²) in [5, 5.41) is 0. The Kier molecular flexibility index (Phi) is 18.0. The first-order valence-corrected chi connectivity index (χ1v) is 8.42. The third-order valence-corrected chi connectivity index (χ3v) is 3.41. The van der Waals surface area contributed by atoms with Gasteiger partial charge in [-0.05, 0) is 38.5 Å².